The van der Waals surface area contributed by atoms with E-state index in [1.165, 1.54) is 24.3 Å². The molecule has 1 aromatic carbocycles. The summed E-state index contributed by atoms with van der Waals surface area (Å²) in [6.45, 7) is 0.531. The van der Waals surface area contributed by atoms with Gasteiger partial charge in [0.2, 0.25) is 0 Å². The molecule has 24 heavy (non-hydrogen) atoms. The molecule has 3 N–H and O–H groups in total. The number of hydrogen-bond acceptors (Lipinski definition) is 3. The molecule has 0 saturated carbocycles. The van der Waals surface area contributed by atoms with Crippen molar-refractivity contribution in [2.45, 2.75) is 19.2 Å². The van der Waals surface area contributed by atoms with E-state index in [0.29, 0.717) is 12.2 Å². The summed E-state index contributed by atoms with van der Waals surface area (Å²) in [6, 6.07) is 5.26. The number of aromatic nitrogens is 2. The highest BCUT2D eigenvalue weighted by Crippen LogP contribution is 2.23. The molecule has 130 valence electrons. The van der Waals surface area contributed by atoms with E-state index in [0.717, 1.165) is 18.4 Å². The van der Waals surface area contributed by atoms with Crippen LogP contribution in [0.3, 0.4) is 0 Å². The van der Waals surface area contributed by atoms with Crippen LogP contribution in [0.1, 0.15) is 12.0 Å². The second-order valence-corrected chi connectivity index (χ2v) is 5.09. The standard InChI is InChI=1S/C15H18F3N5O/c1-23-10-11(9-21-23)3-2-8-20-14(19)22-12-4-6-13(7-5-12)24-15(16,17)18/h4-7,9-10H,2-3,8H2,1H3,(H3,19,20,22). The first kappa shape index (κ1) is 17.6. The molecule has 0 aliphatic carbocycles. The van der Waals surface area contributed by atoms with Gasteiger partial charge >= 0.3 is 6.36 Å². The molecule has 0 amide bonds. The van der Waals surface area contributed by atoms with E-state index in [1.807, 2.05) is 13.2 Å². The lowest BCUT2D eigenvalue weighted by molar-refractivity contribution is -0.274. The van der Waals surface area contributed by atoms with Crippen LogP contribution < -0.4 is 15.8 Å². The summed E-state index contributed by atoms with van der Waals surface area (Å²) in [7, 11) is 1.86. The summed E-state index contributed by atoms with van der Waals surface area (Å²) in [5.74, 6) is -0.0919. The molecule has 0 aliphatic heterocycles. The molecular weight excluding hydrogens is 323 g/mol. The maximum absolute atomic E-state index is 12.1. The topological polar surface area (TPSA) is 77.5 Å². The largest absolute Gasteiger partial charge is 0.573 e. The van der Waals surface area contributed by atoms with Crippen molar-refractivity contribution < 1.29 is 17.9 Å². The van der Waals surface area contributed by atoms with Crippen LogP contribution in [0.4, 0.5) is 18.9 Å². The third-order valence-corrected chi connectivity index (χ3v) is 3.02. The molecule has 1 aromatic heterocycles. The number of ether oxygens (including phenoxy) is 1. The second-order valence-electron chi connectivity index (χ2n) is 5.09. The van der Waals surface area contributed by atoms with E-state index < -0.39 is 6.36 Å². The van der Waals surface area contributed by atoms with Crippen LogP contribution in [-0.4, -0.2) is 28.6 Å². The predicted molar refractivity (Wildman–Crippen MR) is 84.8 cm³/mol. The van der Waals surface area contributed by atoms with E-state index in [-0.39, 0.29) is 11.7 Å². The van der Waals surface area contributed by atoms with E-state index in [2.05, 4.69) is 20.1 Å². The average Bonchev–Trinajstić information content (AvgIpc) is 2.90. The number of hydrogen-bond donors (Lipinski definition) is 2. The number of benzene rings is 1. The van der Waals surface area contributed by atoms with Crippen molar-refractivity contribution in [3.8, 4) is 5.75 Å². The van der Waals surface area contributed by atoms with Crippen molar-refractivity contribution in [2.75, 3.05) is 11.9 Å². The predicted octanol–water partition coefficient (Wildman–Crippen LogP) is 2.68. The van der Waals surface area contributed by atoms with Gasteiger partial charge in [0, 0.05) is 25.5 Å². The molecule has 2 aromatic rings. The molecule has 0 atom stereocenters. The zero-order valence-corrected chi connectivity index (χ0v) is 13.0. The van der Waals surface area contributed by atoms with Gasteiger partial charge in [0.1, 0.15) is 5.75 Å². The fourth-order valence-electron chi connectivity index (χ4n) is 2.01. The Morgan fingerprint density at radius 2 is 2.04 bits per heavy atom. The molecule has 0 spiro atoms. The number of halogens is 3. The molecule has 6 nitrogen and oxygen atoms in total. The Morgan fingerprint density at radius 3 is 2.62 bits per heavy atom. The van der Waals surface area contributed by atoms with Gasteiger partial charge in [0.05, 0.1) is 6.20 Å². The highest BCUT2D eigenvalue weighted by atomic mass is 19.4. The number of alkyl halides is 3. The molecule has 0 saturated heterocycles. The van der Waals surface area contributed by atoms with Crippen LogP contribution in [0, 0.1) is 0 Å². The average molecular weight is 341 g/mol. The Hall–Kier alpha value is -2.71. The van der Waals surface area contributed by atoms with Gasteiger partial charge in [0.15, 0.2) is 5.96 Å². The molecule has 9 heteroatoms. The van der Waals surface area contributed by atoms with Crippen molar-refractivity contribution in [3.05, 3.63) is 42.2 Å². The fourth-order valence-corrected chi connectivity index (χ4v) is 2.01. The van der Waals surface area contributed by atoms with Crippen LogP contribution in [0.5, 0.6) is 5.75 Å². The number of aliphatic imine (C=N–C) groups is 1. The third-order valence-electron chi connectivity index (χ3n) is 3.02. The number of rotatable bonds is 6. The smallest absolute Gasteiger partial charge is 0.406 e. The van der Waals surface area contributed by atoms with Crippen molar-refractivity contribution in [3.63, 3.8) is 0 Å². The van der Waals surface area contributed by atoms with Gasteiger partial charge in [-0.3, -0.25) is 9.67 Å². The normalized spacial score (nSPS) is 12.2. The summed E-state index contributed by atoms with van der Waals surface area (Å²) in [5.41, 5.74) is 7.39. The first-order valence-corrected chi connectivity index (χ1v) is 7.22. The first-order valence-electron chi connectivity index (χ1n) is 7.22. The Labute approximate surface area is 137 Å². The molecule has 0 bridgehead atoms. The monoisotopic (exact) mass is 341 g/mol. The summed E-state index contributed by atoms with van der Waals surface area (Å²) in [4.78, 5) is 4.17. The first-order chi connectivity index (χ1) is 11.3. The molecular formula is C15H18F3N5O. The molecule has 0 unspecified atom stereocenters. The van der Waals surface area contributed by atoms with Crippen molar-refractivity contribution in [1.29, 1.82) is 0 Å². The maximum Gasteiger partial charge on any atom is 0.573 e. The number of nitrogens with two attached hydrogens (primary N) is 1. The van der Waals surface area contributed by atoms with Crippen molar-refractivity contribution in [2.24, 2.45) is 17.8 Å². The van der Waals surface area contributed by atoms with Crippen LogP contribution >= 0.6 is 0 Å². The molecule has 0 fully saturated rings. The minimum Gasteiger partial charge on any atom is -0.406 e. The van der Waals surface area contributed by atoms with E-state index in [4.69, 9.17) is 5.73 Å². The van der Waals surface area contributed by atoms with Gasteiger partial charge in [-0.25, -0.2) is 0 Å². The lowest BCUT2D eigenvalue weighted by atomic mass is 10.2. The number of nitrogens with zero attached hydrogens (tertiary/aromatic N) is 3. The van der Waals surface area contributed by atoms with Gasteiger partial charge < -0.3 is 15.8 Å². The zero-order chi connectivity index (χ0) is 17.6. The van der Waals surface area contributed by atoms with Crippen LogP contribution in [-0.2, 0) is 13.5 Å². The zero-order valence-electron chi connectivity index (χ0n) is 13.0. The second kappa shape index (κ2) is 7.71. The minimum atomic E-state index is -4.70. The van der Waals surface area contributed by atoms with Crippen LogP contribution in [0.2, 0.25) is 0 Å². The lowest BCUT2D eigenvalue weighted by Gasteiger charge is -2.10. The van der Waals surface area contributed by atoms with Gasteiger partial charge in [-0.05, 0) is 42.7 Å². The Bertz CT molecular complexity index is 679. The van der Waals surface area contributed by atoms with Crippen molar-refractivity contribution in [1.82, 2.24) is 9.78 Å². The quantitative estimate of drug-likeness (QED) is 0.481. The number of aryl methyl sites for hydroxylation is 2. The fraction of sp³-hybridized carbons (Fsp3) is 0.333. The maximum atomic E-state index is 12.1. The number of nitrogens with one attached hydrogen (secondary N) is 1. The van der Waals surface area contributed by atoms with E-state index >= 15 is 0 Å². The molecule has 2 rings (SSSR count). The van der Waals surface area contributed by atoms with Gasteiger partial charge in [-0.15, -0.1) is 13.2 Å². The van der Waals surface area contributed by atoms with Gasteiger partial charge in [0.25, 0.3) is 0 Å². The summed E-state index contributed by atoms with van der Waals surface area (Å²) < 4.78 is 41.7. The summed E-state index contributed by atoms with van der Waals surface area (Å²) >= 11 is 0. The van der Waals surface area contributed by atoms with Gasteiger partial charge in [-0.1, -0.05) is 0 Å². The minimum absolute atomic E-state index is 0.200. The number of guanidine groups is 1. The lowest BCUT2D eigenvalue weighted by Crippen LogP contribution is -2.23. The Balaban J connectivity index is 1.77. The third kappa shape index (κ3) is 6.19. The Morgan fingerprint density at radius 1 is 1.33 bits per heavy atom. The van der Waals surface area contributed by atoms with Crippen LogP contribution in [0.25, 0.3) is 0 Å². The van der Waals surface area contributed by atoms with Gasteiger partial charge in [-0.2, -0.15) is 5.10 Å². The van der Waals surface area contributed by atoms with Crippen LogP contribution in [0.15, 0.2) is 41.7 Å². The molecule has 1 heterocycles. The highest BCUT2D eigenvalue weighted by molar-refractivity contribution is 5.92. The van der Waals surface area contributed by atoms with Crippen molar-refractivity contribution >= 4 is 11.6 Å². The highest BCUT2D eigenvalue weighted by Gasteiger charge is 2.30. The number of anilines is 1. The van der Waals surface area contributed by atoms with E-state index in [9.17, 15) is 13.2 Å². The molecule has 0 radical (unpaired) electrons. The molecule has 0 aliphatic rings. The summed E-state index contributed by atoms with van der Waals surface area (Å²) in [5, 5.41) is 6.89. The SMILES string of the molecule is Cn1cc(CCCN=C(N)Nc2ccc(OC(F)(F)F)cc2)cn1. The van der Waals surface area contributed by atoms with E-state index in [1.54, 1.807) is 10.9 Å². The summed E-state index contributed by atoms with van der Waals surface area (Å²) in [6.07, 6.45) is 0.691. The Kier molecular flexibility index (Phi) is 5.67.